The Balaban J connectivity index is 1.96. The van der Waals surface area contributed by atoms with Gasteiger partial charge in [-0.15, -0.1) is 0 Å². The second kappa shape index (κ2) is 4.95. The molecule has 0 amide bonds. The summed E-state index contributed by atoms with van der Waals surface area (Å²) in [5, 5.41) is 9.28. The maximum Gasteiger partial charge on any atom is 0.0623 e. The maximum atomic E-state index is 9.28. The number of rotatable bonds is 3. The van der Waals surface area contributed by atoms with E-state index in [0.717, 1.165) is 32.5 Å². The lowest BCUT2D eigenvalue weighted by molar-refractivity contribution is 0.0901. The molecule has 1 aliphatic rings. The fourth-order valence-electron chi connectivity index (χ4n) is 2.36. The first-order chi connectivity index (χ1) is 7.72. The van der Waals surface area contributed by atoms with Gasteiger partial charge in [-0.25, -0.2) is 0 Å². The van der Waals surface area contributed by atoms with Crippen molar-refractivity contribution < 1.29 is 5.11 Å². The zero-order valence-electron chi connectivity index (χ0n) is 9.60. The molecule has 3 N–H and O–H groups in total. The normalized spacial score (nSPS) is 26.9. The van der Waals surface area contributed by atoms with Crippen molar-refractivity contribution >= 4 is 0 Å². The lowest BCUT2D eigenvalue weighted by atomic mass is 9.91. The highest BCUT2D eigenvalue weighted by Gasteiger charge is 2.30. The summed E-state index contributed by atoms with van der Waals surface area (Å²) in [4.78, 5) is 2.33. The molecule has 16 heavy (non-hydrogen) atoms. The average molecular weight is 220 g/mol. The molecular weight excluding hydrogens is 200 g/mol. The number of nitrogens with two attached hydrogens (primary N) is 1. The molecule has 88 valence electrons. The van der Waals surface area contributed by atoms with E-state index >= 15 is 0 Å². The Hall–Kier alpha value is -0.900. The molecule has 2 rings (SSSR count). The smallest absolute Gasteiger partial charge is 0.0623 e. The maximum absolute atomic E-state index is 9.28. The van der Waals surface area contributed by atoms with Crippen molar-refractivity contribution in [3.63, 3.8) is 0 Å². The van der Waals surface area contributed by atoms with E-state index in [2.05, 4.69) is 29.2 Å². The molecule has 0 saturated carbocycles. The van der Waals surface area contributed by atoms with E-state index in [1.54, 1.807) is 0 Å². The Morgan fingerprint density at radius 3 is 2.75 bits per heavy atom. The standard InChI is InChI=1S/C13H20N2O/c14-13(11-16)7-4-8-15(10-13)9-12-5-2-1-3-6-12/h1-3,5-6,16H,4,7-11,14H2/t13-/m0/s1. The van der Waals surface area contributed by atoms with E-state index in [1.165, 1.54) is 5.56 Å². The first-order valence-electron chi connectivity index (χ1n) is 5.88. The number of aliphatic hydroxyl groups excluding tert-OH is 1. The Labute approximate surface area is 96.9 Å². The predicted molar refractivity (Wildman–Crippen MR) is 65.0 cm³/mol. The van der Waals surface area contributed by atoms with Crippen LogP contribution in [0.5, 0.6) is 0 Å². The zero-order chi connectivity index (χ0) is 11.4. The highest BCUT2D eigenvalue weighted by atomic mass is 16.3. The van der Waals surface area contributed by atoms with Gasteiger partial charge in [0.1, 0.15) is 0 Å². The first kappa shape index (κ1) is 11.6. The summed E-state index contributed by atoms with van der Waals surface area (Å²) in [6, 6.07) is 10.4. The number of piperidine rings is 1. The van der Waals surface area contributed by atoms with Gasteiger partial charge in [0, 0.05) is 13.1 Å². The second-order valence-electron chi connectivity index (χ2n) is 4.82. The zero-order valence-corrected chi connectivity index (χ0v) is 9.60. The predicted octanol–water partition coefficient (Wildman–Crippen LogP) is 0.972. The van der Waals surface area contributed by atoms with Crippen LogP contribution in [0.4, 0.5) is 0 Å². The number of likely N-dealkylation sites (tertiary alicyclic amines) is 1. The second-order valence-corrected chi connectivity index (χ2v) is 4.82. The SMILES string of the molecule is N[C@@]1(CO)CCCN(Cc2ccccc2)C1. The van der Waals surface area contributed by atoms with Crippen LogP contribution in [0.3, 0.4) is 0 Å². The van der Waals surface area contributed by atoms with Crippen molar-refractivity contribution in [3.05, 3.63) is 35.9 Å². The van der Waals surface area contributed by atoms with Gasteiger partial charge < -0.3 is 10.8 Å². The minimum Gasteiger partial charge on any atom is -0.394 e. The van der Waals surface area contributed by atoms with Gasteiger partial charge in [-0.2, -0.15) is 0 Å². The molecule has 1 aliphatic heterocycles. The van der Waals surface area contributed by atoms with Crippen LogP contribution in [0, 0.1) is 0 Å². The fourth-order valence-corrected chi connectivity index (χ4v) is 2.36. The van der Waals surface area contributed by atoms with E-state index < -0.39 is 5.54 Å². The number of benzene rings is 1. The molecule has 3 heteroatoms. The summed E-state index contributed by atoms with van der Waals surface area (Å²) in [5.41, 5.74) is 7.02. The molecule has 0 unspecified atom stereocenters. The van der Waals surface area contributed by atoms with Crippen molar-refractivity contribution in [2.45, 2.75) is 24.9 Å². The third kappa shape index (κ3) is 2.82. The van der Waals surface area contributed by atoms with Crippen LogP contribution in [-0.2, 0) is 6.54 Å². The third-order valence-electron chi connectivity index (χ3n) is 3.25. The van der Waals surface area contributed by atoms with Crippen LogP contribution < -0.4 is 5.73 Å². The van der Waals surface area contributed by atoms with Crippen molar-refractivity contribution in [1.29, 1.82) is 0 Å². The van der Waals surface area contributed by atoms with Gasteiger partial charge in [-0.1, -0.05) is 30.3 Å². The van der Waals surface area contributed by atoms with Crippen molar-refractivity contribution in [2.75, 3.05) is 19.7 Å². The van der Waals surface area contributed by atoms with Crippen LogP contribution in [-0.4, -0.2) is 35.2 Å². The Morgan fingerprint density at radius 2 is 2.06 bits per heavy atom. The summed E-state index contributed by atoms with van der Waals surface area (Å²) in [6.45, 7) is 2.88. The lowest BCUT2D eigenvalue weighted by Crippen LogP contribution is -2.56. The van der Waals surface area contributed by atoms with Crippen molar-refractivity contribution in [2.24, 2.45) is 5.73 Å². The Kier molecular flexibility index (Phi) is 3.59. The summed E-state index contributed by atoms with van der Waals surface area (Å²) in [7, 11) is 0. The third-order valence-corrected chi connectivity index (χ3v) is 3.25. The van der Waals surface area contributed by atoms with Crippen LogP contribution in [0.25, 0.3) is 0 Å². The molecule has 1 fully saturated rings. The van der Waals surface area contributed by atoms with Gasteiger partial charge in [0.05, 0.1) is 12.1 Å². The molecule has 0 aromatic heterocycles. The fraction of sp³-hybridized carbons (Fsp3) is 0.538. The molecule has 3 nitrogen and oxygen atoms in total. The van der Waals surface area contributed by atoms with Crippen LogP contribution >= 0.6 is 0 Å². The van der Waals surface area contributed by atoms with Crippen LogP contribution in [0.1, 0.15) is 18.4 Å². The molecular formula is C13H20N2O. The molecule has 1 atom stereocenters. The summed E-state index contributed by atoms with van der Waals surface area (Å²) in [6.07, 6.45) is 2.00. The van der Waals surface area contributed by atoms with Gasteiger partial charge in [0.15, 0.2) is 0 Å². The van der Waals surface area contributed by atoms with E-state index in [-0.39, 0.29) is 6.61 Å². The number of hydrogen-bond acceptors (Lipinski definition) is 3. The van der Waals surface area contributed by atoms with E-state index in [1.807, 2.05) is 6.07 Å². The van der Waals surface area contributed by atoms with Crippen LogP contribution in [0.15, 0.2) is 30.3 Å². The monoisotopic (exact) mass is 220 g/mol. The Morgan fingerprint density at radius 1 is 1.31 bits per heavy atom. The molecule has 1 aromatic rings. The minimum absolute atomic E-state index is 0.0816. The minimum atomic E-state index is -0.396. The first-order valence-corrected chi connectivity index (χ1v) is 5.88. The number of hydrogen-bond donors (Lipinski definition) is 2. The largest absolute Gasteiger partial charge is 0.394 e. The lowest BCUT2D eigenvalue weighted by Gasteiger charge is -2.39. The molecule has 1 saturated heterocycles. The average Bonchev–Trinajstić information content (AvgIpc) is 2.30. The van der Waals surface area contributed by atoms with E-state index in [9.17, 15) is 5.11 Å². The molecule has 0 spiro atoms. The highest BCUT2D eigenvalue weighted by molar-refractivity contribution is 5.14. The van der Waals surface area contributed by atoms with Gasteiger partial charge in [-0.3, -0.25) is 4.90 Å². The summed E-state index contributed by atoms with van der Waals surface area (Å²) < 4.78 is 0. The summed E-state index contributed by atoms with van der Waals surface area (Å²) >= 11 is 0. The highest BCUT2D eigenvalue weighted by Crippen LogP contribution is 2.19. The topological polar surface area (TPSA) is 49.5 Å². The van der Waals surface area contributed by atoms with E-state index in [0.29, 0.717) is 0 Å². The van der Waals surface area contributed by atoms with E-state index in [4.69, 9.17) is 5.73 Å². The van der Waals surface area contributed by atoms with Gasteiger partial charge in [0.2, 0.25) is 0 Å². The quantitative estimate of drug-likeness (QED) is 0.798. The van der Waals surface area contributed by atoms with Gasteiger partial charge in [-0.05, 0) is 24.9 Å². The molecule has 1 heterocycles. The molecule has 0 radical (unpaired) electrons. The van der Waals surface area contributed by atoms with Crippen molar-refractivity contribution in [3.8, 4) is 0 Å². The van der Waals surface area contributed by atoms with Gasteiger partial charge >= 0.3 is 0 Å². The Bertz CT molecular complexity index is 328. The van der Waals surface area contributed by atoms with Crippen LogP contribution in [0.2, 0.25) is 0 Å². The van der Waals surface area contributed by atoms with Gasteiger partial charge in [0.25, 0.3) is 0 Å². The number of aliphatic hydroxyl groups is 1. The molecule has 1 aromatic carbocycles. The molecule has 0 aliphatic carbocycles. The number of nitrogens with zero attached hydrogens (tertiary/aromatic N) is 1. The van der Waals surface area contributed by atoms with Crippen molar-refractivity contribution in [1.82, 2.24) is 4.90 Å². The molecule has 0 bridgehead atoms. The summed E-state index contributed by atoms with van der Waals surface area (Å²) in [5.74, 6) is 0.